The minimum absolute atomic E-state index is 0.218. The van der Waals surface area contributed by atoms with Crippen molar-refractivity contribution in [2.75, 3.05) is 13.7 Å². The standard InChI is InChI=1S/C23H34N2O5.C7H6O/c1-8-29-20(28)23(24-19(27)18-12-10-9-11-13-18)14-21(4,5)25(22(6,7)15-23)16(2)30-17(3)26;1-8-7-4-5-2-3-6(5)7/h9-13,16H,8,14-15H2,1-7H3,(H,24,27);2-4H,1H3. The molecule has 1 amide bonds. The molecule has 0 bridgehead atoms. The molecule has 2 aliphatic carbocycles. The van der Waals surface area contributed by atoms with Crippen LogP contribution in [0.1, 0.15) is 71.7 Å². The van der Waals surface area contributed by atoms with Gasteiger partial charge in [-0.25, -0.2) is 4.79 Å². The predicted octanol–water partition coefficient (Wildman–Crippen LogP) is 4.58. The minimum Gasteiger partial charge on any atom is -0.496 e. The second-order valence-electron chi connectivity index (χ2n) is 11.1. The van der Waals surface area contributed by atoms with Crippen molar-refractivity contribution in [1.82, 2.24) is 10.2 Å². The molecule has 0 radical (unpaired) electrons. The van der Waals surface area contributed by atoms with E-state index in [0.717, 1.165) is 5.75 Å². The highest BCUT2D eigenvalue weighted by molar-refractivity contribution is 5.98. The third-order valence-electron chi connectivity index (χ3n) is 7.04. The molecule has 8 nitrogen and oxygen atoms in total. The number of carbonyl (C=O) groups is 3. The van der Waals surface area contributed by atoms with Crippen LogP contribution in [0.2, 0.25) is 0 Å². The topological polar surface area (TPSA) is 94.2 Å². The van der Waals surface area contributed by atoms with Crippen LogP contribution < -0.4 is 10.1 Å². The van der Waals surface area contributed by atoms with Crippen molar-refractivity contribution >= 4 is 17.8 Å². The molecule has 38 heavy (non-hydrogen) atoms. The van der Waals surface area contributed by atoms with E-state index < -0.39 is 28.8 Å². The number of likely N-dealkylation sites (tertiary alicyclic amines) is 1. The maximum absolute atomic E-state index is 13.2. The van der Waals surface area contributed by atoms with Crippen LogP contribution in [0.4, 0.5) is 0 Å². The summed E-state index contributed by atoms with van der Waals surface area (Å²) >= 11 is 0. The first-order valence-electron chi connectivity index (χ1n) is 13.0. The zero-order valence-electron chi connectivity index (χ0n) is 23.7. The van der Waals surface area contributed by atoms with E-state index in [2.05, 4.69) is 22.3 Å². The Hall–Kier alpha value is -3.39. The van der Waals surface area contributed by atoms with Crippen molar-refractivity contribution < 1.29 is 28.6 Å². The Balaban J connectivity index is 0.000000417. The van der Waals surface area contributed by atoms with Crippen LogP contribution in [0.25, 0.3) is 0 Å². The predicted molar refractivity (Wildman–Crippen MR) is 144 cm³/mol. The highest BCUT2D eigenvalue weighted by atomic mass is 16.6. The van der Waals surface area contributed by atoms with Crippen LogP contribution in [0.5, 0.6) is 5.75 Å². The molecule has 1 saturated heterocycles. The molecule has 1 unspecified atom stereocenters. The van der Waals surface area contributed by atoms with Gasteiger partial charge in [-0.1, -0.05) is 30.3 Å². The molecule has 1 aromatic rings. The van der Waals surface area contributed by atoms with Crippen LogP contribution in [0.15, 0.2) is 48.5 Å². The van der Waals surface area contributed by atoms with Gasteiger partial charge in [0, 0.05) is 28.8 Å². The zero-order valence-corrected chi connectivity index (χ0v) is 23.7. The summed E-state index contributed by atoms with van der Waals surface area (Å²) in [6.07, 6.45) is 0.135. The van der Waals surface area contributed by atoms with Crippen LogP contribution in [0, 0.1) is 10.4 Å². The zero-order chi connectivity index (χ0) is 28.3. The fraction of sp³-hybridized carbons (Fsp3) is 0.500. The second-order valence-corrected chi connectivity index (χ2v) is 11.1. The van der Waals surface area contributed by atoms with Crippen molar-refractivity contribution in [2.24, 2.45) is 0 Å². The molecule has 1 aliphatic heterocycles. The van der Waals surface area contributed by atoms with E-state index in [4.69, 9.17) is 14.2 Å². The molecule has 1 heterocycles. The van der Waals surface area contributed by atoms with E-state index in [1.165, 1.54) is 17.4 Å². The molecular weight excluding hydrogens is 484 g/mol. The number of nitrogens with zero attached hydrogens (tertiary/aromatic N) is 1. The molecule has 0 spiro atoms. The lowest BCUT2D eigenvalue weighted by Crippen LogP contribution is -2.73. The van der Waals surface area contributed by atoms with Gasteiger partial charge in [0.1, 0.15) is 11.3 Å². The molecule has 0 aromatic heterocycles. The van der Waals surface area contributed by atoms with Crippen molar-refractivity contribution in [3.05, 3.63) is 64.5 Å². The number of rotatable bonds is 7. The fourth-order valence-corrected chi connectivity index (χ4v) is 6.16. The van der Waals surface area contributed by atoms with Gasteiger partial charge in [-0.15, -0.1) is 0 Å². The number of hydrogen-bond acceptors (Lipinski definition) is 7. The summed E-state index contributed by atoms with van der Waals surface area (Å²) in [4.78, 5) is 39.8. The minimum atomic E-state index is -1.21. The molecule has 1 atom stereocenters. The first kappa shape index (κ1) is 29.2. The summed E-state index contributed by atoms with van der Waals surface area (Å²) in [7, 11) is 1.70. The molecule has 0 saturated carbocycles. The van der Waals surface area contributed by atoms with E-state index >= 15 is 0 Å². The second kappa shape index (κ2) is 11.2. The van der Waals surface area contributed by atoms with Crippen LogP contribution in [-0.4, -0.2) is 59.3 Å². The number of benzene rings is 2. The van der Waals surface area contributed by atoms with Crippen LogP contribution in [-0.2, 0) is 19.1 Å². The third kappa shape index (κ3) is 6.01. The number of methoxy groups -OCH3 is 1. The van der Waals surface area contributed by atoms with Gasteiger partial charge in [-0.3, -0.25) is 14.5 Å². The van der Waals surface area contributed by atoms with Crippen molar-refractivity contribution in [2.45, 2.75) is 84.2 Å². The number of carbonyl (C=O) groups excluding carboxylic acids is 3. The molecule has 206 valence electrons. The Morgan fingerprint density at radius 1 is 1.00 bits per heavy atom. The van der Waals surface area contributed by atoms with Crippen molar-refractivity contribution in [3.8, 4) is 5.75 Å². The molecule has 1 fully saturated rings. The number of piperidine rings is 1. The summed E-state index contributed by atoms with van der Waals surface area (Å²) in [6.45, 7) is 13.1. The molecule has 8 heteroatoms. The summed E-state index contributed by atoms with van der Waals surface area (Å²) < 4.78 is 15.9. The summed E-state index contributed by atoms with van der Waals surface area (Å²) in [6, 6.07) is 15.0. The van der Waals surface area contributed by atoms with Crippen molar-refractivity contribution in [3.63, 3.8) is 0 Å². The molecule has 1 N–H and O–H groups in total. The van der Waals surface area contributed by atoms with Gasteiger partial charge in [-0.2, -0.15) is 0 Å². The number of nitrogens with one attached hydrogen (secondary N) is 1. The van der Waals surface area contributed by atoms with Gasteiger partial charge in [0.25, 0.3) is 5.91 Å². The SMILES string of the molecule is CCOC(=O)C1(NC(=O)c2ccccc2)CC(C)(C)N(C(C)OC(C)=O)C(C)(C)C1.COc1cc2ccc1=2. The maximum atomic E-state index is 13.2. The maximum Gasteiger partial charge on any atom is 0.331 e. The summed E-state index contributed by atoms with van der Waals surface area (Å²) in [5.41, 5.74) is -1.88. The highest BCUT2D eigenvalue weighted by Gasteiger charge is 2.58. The summed E-state index contributed by atoms with van der Waals surface area (Å²) in [5, 5.41) is 5.62. The van der Waals surface area contributed by atoms with Crippen LogP contribution in [0.3, 0.4) is 0 Å². The van der Waals surface area contributed by atoms with E-state index in [1.54, 1.807) is 38.3 Å². The molecular formula is C30H40N2O6. The van der Waals surface area contributed by atoms with Crippen LogP contribution >= 0.6 is 0 Å². The fourth-order valence-electron chi connectivity index (χ4n) is 6.16. The average Bonchev–Trinajstić information content (AvgIpc) is 2.79. The lowest BCUT2D eigenvalue weighted by molar-refractivity contribution is -0.192. The average molecular weight is 525 g/mol. The molecule has 1 aromatic carbocycles. The number of esters is 2. The lowest BCUT2D eigenvalue weighted by Gasteiger charge is -2.59. The van der Waals surface area contributed by atoms with E-state index in [1.807, 2.05) is 46.8 Å². The van der Waals surface area contributed by atoms with Crippen molar-refractivity contribution in [1.29, 1.82) is 0 Å². The van der Waals surface area contributed by atoms with E-state index in [-0.39, 0.29) is 18.5 Å². The van der Waals surface area contributed by atoms with E-state index in [0.29, 0.717) is 18.4 Å². The Bertz CT molecular complexity index is 1250. The Kier molecular flexibility index (Phi) is 8.56. The molecule has 4 rings (SSSR count). The van der Waals surface area contributed by atoms with Gasteiger partial charge in [-0.05, 0) is 77.8 Å². The smallest absolute Gasteiger partial charge is 0.331 e. The first-order valence-corrected chi connectivity index (χ1v) is 13.0. The number of hydrogen-bond donors (Lipinski definition) is 1. The largest absolute Gasteiger partial charge is 0.496 e. The van der Waals surface area contributed by atoms with Gasteiger partial charge < -0.3 is 19.5 Å². The normalized spacial score (nSPS) is 18.6. The van der Waals surface area contributed by atoms with Gasteiger partial charge in [0.2, 0.25) is 0 Å². The quantitative estimate of drug-likeness (QED) is 0.452. The highest BCUT2D eigenvalue weighted by Crippen LogP contribution is 2.45. The first-order chi connectivity index (χ1) is 17.8. The molecule has 3 aliphatic rings. The summed E-state index contributed by atoms with van der Waals surface area (Å²) in [5.74, 6) is -0.108. The van der Waals surface area contributed by atoms with Gasteiger partial charge in [0.15, 0.2) is 6.23 Å². The monoisotopic (exact) mass is 524 g/mol. The third-order valence-corrected chi connectivity index (χ3v) is 7.04. The Morgan fingerprint density at radius 3 is 2.00 bits per heavy atom. The Labute approximate surface area is 224 Å². The Morgan fingerprint density at radius 2 is 1.61 bits per heavy atom. The lowest BCUT2D eigenvalue weighted by atomic mass is 9.68. The van der Waals surface area contributed by atoms with Gasteiger partial charge in [0.05, 0.1) is 13.7 Å². The van der Waals surface area contributed by atoms with Gasteiger partial charge >= 0.3 is 11.9 Å². The van der Waals surface area contributed by atoms with E-state index in [9.17, 15) is 14.4 Å². The number of amides is 1. The number of ether oxygens (including phenoxy) is 3.